The van der Waals surface area contributed by atoms with Crippen LogP contribution in [0.4, 0.5) is 0 Å². The third kappa shape index (κ3) is 4.13. The van der Waals surface area contributed by atoms with Gasteiger partial charge in [-0.05, 0) is 46.6 Å². The molecule has 0 saturated heterocycles. The molecular formula is C13H15BrN2O2S2. The maximum absolute atomic E-state index is 11.3. The van der Waals surface area contributed by atoms with Crippen LogP contribution in [0.3, 0.4) is 0 Å². The summed E-state index contributed by atoms with van der Waals surface area (Å²) in [6.45, 7) is 3.41. The second-order valence-electron chi connectivity index (χ2n) is 4.41. The van der Waals surface area contributed by atoms with Crippen molar-refractivity contribution in [1.82, 2.24) is 5.32 Å². The fourth-order valence-electron chi connectivity index (χ4n) is 1.77. The zero-order chi connectivity index (χ0) is 14.8. The molecule has 3 N–H and O–H groups in total. The third-order valence-corrected chi connectivity index (χ3v) is 5.81. The summed E-state index contributed by atoms with van der Waals surface area (Å²) >= 11 is 5.22. The smallest absolute Gasteiger partial charge is 0.238 e. The normalized spacial score (nSPS) is 11.8. The zero-order valence-corrected chi connectivity index (χ0v) is 14.1. The highest BCUT2D eigenvalue weighted by Crippen LogP contribution is 2.26. The van der Waals surface area contributed by atoms with Crippen molar-refractivity contribution < 1.29 is 8.42 Å². The fraction of sp³-hybridized carbons (Fsp3) is 0.231. The Hall–Kier alpha value is -0.730. The van der Waals surface area contributed by atoms with Crippen molar-refractivity contribution in [2.75, 3.05) is 0 Å². The van der Waals surface area contributed by atoms with Crippen LogP contribution in [0.5, 0.6) is 0 Å². The van der Waals surface area contributed by atoms with E-state index in [1.165, 1.54) is 15.8 Å². The molecule has 108 valence electrons. The second kappa shape index (κ2) is 6.36. The van der Waals surface area contributed by atoms with Crippen LogP contribution < -0.4 is 10.5 Å². The summed E-state index contributed by atoms with van der Waals surface area (Å²) < 4.78 is 23.7. The Kier molecular flexibility index (Phi) is 4.98. The number of thiophene rings is 1. The highest BCUT2D eigenvalue weighted by atomic mass is 79.9. The lowest BCUT2D eigenvalue weighted by Crippen LogP contribution is -2.14. The van der Waals surface area contributed by atoms with Gasteiger partial charge in [-0.25, -0.2) is 13.6 Å². The Morgan fingerprint density at radius 2 is 2.05 bits per heavy atom. The number of nitrogens with one attached hydrogen (secondary N) is 1. The van der Waals surface area contributed by atoms with Crippen molar-refractivity contribution in [2.24, 2.45) is 5.14 Å². The van der Waals surface area contributed by atoms with E-state index in [0.717, 1.165) is 16.6 Å². The molecule has 7 heteroatoms. The molecule has 0 saturated carbocycles. The van der Waals surface area contributed by atoms with E-state index in [1.54, 1.807) is 23.5 Å². The van der Waals surface area contributed by atoms with Crippen LogP contribution in [0.1, 0.15) is 15.3 Å². The molecule has 0 aliphatic heterocycles. The number of hydrogen-bond acceptors (Lipinski definition) is 4. The van der Waals surface area contributed by atoms with Crippen molar-refractivity contribution in [3.63, 3.8) is 0 Å². The lowest BCUT2D eigenvalue weighted by Gasteiger charge is -2.05. The number of rotatable bonds is 5. The Balaban J connectivity index is 1.98. The molecule has 0 aliphatic rings. The van der Waals surface area contributed by atoms with Gasteiger partial charge in [-0.3, -0.25) is 0 Å². The second-order valence-corrected chi connectivity index (χ2v) is 8.17. The molecule has 0 atom stereocenters. The molecule has 0 aliphatic carbocycles. The van der Waals surface area contributed by atoms with Crippen molar-refractivity contribution in [3.05, 3.63) is 50.1 Å². The van der Waals surface area contributed by atoms with Crippen LogP contribution in [0.25, 0.3) is 0 Å². The molecular weight excluding hydrogens is 360 g/mol. The summed E-state index contributed by atoms with van der Waals surface area (Å²) in [5.74, 6) is 0. The van der Waals surface area contributed by atoms with E-state index in [1.807, 2.05) is 6.07 Å². The van der Waals surface area contributed by atoms with Gasteiger partial charge in [-0.15, -0.1) is 11.3 Å². The van der Waals surface area contributed by atoms with Gasteiger partial charge < -0.3 is 5.32 Å². The molecule has 1 heterocycles. The minimum absolute atomic E-state index is 0.145. The Bertz CT molecular complexity index is 691. The van der Waals surface area contributed by atoms with Crippen LogP contribution in [0, 0.1) is 6.92 Å². The van der Waals surface area contributed by atoms with E-state index in [0.29, 0.717) is 6.54 Å². The summed E-state index contributed by atoms with van der Waals surface area (Å²) in [6, 6.07) is 8.75. The lowest BCUT2D eigenvalue weighted by molar-refractivity contribution is 0.597. The fourth-order valence-corrected chi connectivity index (χ4v) is 3.92. The van der Waals surface area contributed by atoms with Gasteiger partial charge in [0, 0.05) is 27.3 Å². The highest BCUT2D eigenvalue weighted by molar-refractivity contribution is 9.10. The molecule has 0 spiro atoms. The van der Waals surface area contributed by atoms with E-state index < -0.39 is 10.0 Å². The summed E-state index contributed by atoms with van der Waals surface area (Å²) in [5, 5.41) is 8.40. The van der Waals surface area contributed by atoms with Crippen molar-refractivity contribution in [1.29, 1.82) is 0 Å². The number of primary sulfonamides is 1. The maximum atomic E-state index is 11.3. The molecule has 0 radical (unpaired) electrons. The summed E-state index contributed by atoms with van der Waals surface area (Å²) in [5.41, 5.74) is 0.892. The average Bonchev–Trinajstić information content (AvgIpc) is 2.68. The largest absolute Gasteiger partial charge is 0.308 e. The average molecular weight is 375 g/mol. The number of sulfonamides is 1. The van der Waals surface area contributed by atoms with Crippen LogP contribution >= 0.6 is 27.3 Å². The molecule has 1 aromatic heterocycles. The van der Waals surface area contributed by atoms with Gasteiger partial charge in [0.05, 0.1) is 4.90 Å². The van der Waals surface area contributed by atoms with E-state index in [-0.39, 0.29) is 4.90 Å². The minimum Gasteiger partial charge on any atom is -0.308 e. The number of halogens is 1. The van der Waals surface area contributed by atoms with Gasteiger partial charge in [0.15, 0.2) is 0 Å². The molecule has 4 nitrogen and oxygen atoms in total. The van der Waals surface area contributed by atoms with Crippen molar-refractivity contribution in [2.45, 2.75) is 24.9 Å². The monoisotopic (exact) mass is 374 g/mol. The molecule has 0 bridgehead atoms. The summed E-state index contributed by atoms with van der Waals surface area (Å²) in [4.78, 5) is 2.63. The molecule has 20 heavy (non-hydrogen) atoms. The van der Waals surface area contributed by atoms with Crippen LogP contribution in [0.15, 0.2) is 39.7 Å². The number of nitrogens with two attached hydrogens (primary N) is 1. The summed E-state index contributed by atoms with van der Waals surface area (Å²) in [6.07, 6.45) is 0. The third-order valence-electron chi connectivity index (χ3n) is 2.76. The molecule has 0 fully saturated rings. The zero-order valence-electron chi connectivity index (χ0n) is 10.9. The van der Waals surface area contributed by atoms with Crippen LogP contribution in [0.2, 0.25) is 0 Å². The van der Waals surface area contributed by atoms with Gasteiger partial charge in [-0.1, -0.05) is 12.1 Å². The number of benzene rings is 1. The van der Waals surface area contributed by atoms with Crippen molar-refractivity contribution in [3.8, 4) is 0 Å². The van der Waals surface area contributed by atoms with E-state index in [4.69, 9.17) is 5.14 Å². The minimum atomic E-state index is -3.64. The molecule has 0 unspecified atom stereocenters. The predicted octanol–water partition coefficient (Wildman–Crippen LogP) is 2.76. The lowest BCUT2D eigenvalue weighted by atomic mass is 10.2. The van der Waals surface area contributed by atoms with Crippen LogP contribution in [-0.4, -0.2) is 8.42 Å². The topological polar surface area (TPSA) is 72.2 Å². The van der Waals surface area contributed by atoms with E-state index in [9.17, 15) is 8.42 Å². The first kappa shape index (κ1) is 15.7. The van der Waals surface area contributed by atoms with Gasteiger partial charge in [-0.2, -0.15) is 0 Å². The maximum Gasteiger partial charge on any atom is 0.238 e. The molecule has 2 aromatic rings. The Morgan fingerprint density at radius 1 is 1.30 bits per heavy atom. The first-order chi connectivity index (χ1) is 9.36. The molecule has 0 amide bonds. The number of hydrogen-bond donors (Lipinski definition) is 2. The Labute approximate surface area is 131 Å². The quantitative estimate of drug-likeness (QED) is 0.844. The molecule has 1 aromatic carbocycles. The molecule has 2 rings (SSSR count). The first-order valence-electron chi connectivity index (χ1n) is 5.93. The van der Waals surface area contributed by atoms with Crippen molar-refractivity contribution >= 4 is 37.3 Å². The van der Waals surface area contributed by atoms with Gasteiger partial charge in [0.2, 0.25) is 10.0 Å². The van der Waals surface area contributed by atoms with Gasteiger partial charge in [0.1, 0.15) is 0 Å². The number of aryl methyl sites for hydroxylation is 1. The van der Waals surface area contributed by atoms with E-state index >= 15 is 0 Å². The standard InChI is InChI=1S/C13H15BrN2O2S2/c1-9-13(14)6-11(19-9)8-16-7-10-3-2-4-12(5-10)20(15,17)18/h2-6,16H,7-8H2,1H3,(H2,15,17,18). The predicted molar refractivity (Wildman–Crippen MR) is 85.1 cm³/mol. The summed E-state index contributed by atoms with van der Waals surface area (Å²) in [7, 11) is -3.64. The van der Waals surface area contributed by atoms with Gasteiger partial charge >= 0.3 is 0 Å². The SMILES string of the molecule is Cc1sc(CNCc2cccc(S(N)(=O)=O)c2)cc1Br. The van der Waals surface area contributed by atoms with Gasteiger partial charge in [0.25, 0.3) is 0 Å². The highest BCUT2D eigenvalue weighted by Gasteiger charge is 2.08. The van der Waals surface area contributed by atoms with E-state index in [2.05, 4.69) is 34.2 Å². The first-order valence-corrected chi connectivity index (χ1v) is 9.09. The van der Waals surface area contributed by atoms with Crippen LogP contribution in [-0.2, 0) is 23.1 Å². The Morgan fingerprint density at radius 3 is 2.65 bits per heavy atom.